The molecule has 0 saturated carbocycles. The topological polar surface area (TPSA) is 89.8 Å². The fourth-order valence-electron chi connectivity index (χ4n) is 0.721. The zero-order valence-corrected chi connectivity index (χ0v) is 6.16. The number of amides is 1. The van der Waals surface area contributed by atoms with E-state index in [1.165, 1.54) is 0 Å². The molecule has 1 amide bonds. The zero-order valence-electron chi connectivity index (χ0n) is 6.16. The second kappa shape index (κ2) is 5.94. The molecule has 0 saturated heterocycles. The monoisotopic (exact) mass is 163 g/mol. The van der Waals surface area contributed by atoms with Gasteiger partial charge in [0.25, 0.3) is 0 Å². The number of hydrogen-bond acceptors (Lipinski definition) is 3. The molecule has 0 fully saturated rings. The smallest absolute Gasteiger partial charge is 0.404 e. The molecule has 0 aliphatic rings. The number of carboxylic acid groups (broad SMARTS) is 1. The van der Waals surface area contributed by atoms with Crippen LogP contribution in [0.15, 0.2) is 0 Å². The van der Waals surface area contributed by atoms with E-state index in [1.807, 2.05) is 0 Å². The predicted octanol–water partition coefficient (Wildman–Crippen LogP) is -0.613. The van der Waals surface area contributed by atoms with Crippen molar-refractivity contribution < 1.29 is 20.1 Å². The minimum atomic E-state index is -1.15. The highest BCUT2D eigenvalue weighted by Gasteiger charge is 2.08. The van der Waals surface area contributed by atoms with Gasteiger partial charge in [-0.3, -0.25) is 0 Å². The van der Waals surface area contributed by atoms with Gasteiger partial charge in [-0.15, -0.1) is 0 Å². The molecule has 0 spiro atoms. The first kappa shape index (κ1) is 10.2. The highest BCUT2D eigenvalue weighted by molar-refractivity contribution is 5.64. The summed E-state index contributed by atoms with van der Waals surface area (Å²) in [5, 5.41) is 27.3. The molecule has 4 N–H and O–H groups in total. The summed E-state index contributed by atoms with van der Waals surface area (Å²) >= 11 is 0. The average molecular weight is 163 g/mol. The van der Waals surface area contributed by atoms with Crippen LogP contribution in [0.5, 0.6) is 0 Å². The molecule has 0 radical (unpaired) electrons. The number of aliphatic hydroxyl groups excluding tert-OH is 2. The molecule has 66 valence electrons. The molecule has 0 rings (SSSR count). The summed E-state index contributed by atoms with van der Waals surface area (Å²) < 4.78 is 0. The van der Waals surface area contributed by atoms with Gasteiger partial charge in [-0.05, 0) is 12.8 Å². The van der Waals surface area contributed by atoms with Crippen molar-refractivity contribution in [2.45, 2.75) is 18.9 Å². The van der Waals surface area contributed by atoms with Crippen LogP contribution in [-0.2, 0) is 0 Å². The van der Waals surface area contributed by atoms with Gasteiger partial charge in [0, 0.05) is 6.61 Å². The van der Waals surface area contributed by atoms with Gasteiger partial charge in [-0.1, -0.05) is 0 Å². The van der Waals surface area contributed by atoms with Gasteiger partial charge in [0.2, 0.25) is 0 Å². The van der Waals surface area contributed by atoms with E-state index in [2.05, 4.69) is 5.32 Å². The maximum Gasteiger partial charge on any atom is 0.404 e. The van der Waals surface area contributed by atoms with Crippen LogP contribution < -0.4 is 5.32 Å². The summed E-state index contributed by atoms with van der Waals surface area (Å²) in [6.45, 7) is -0.218. The van der Waals surface area contributed by atoms with Crippen molar-refractivity contribution in [2.75, 3.05) is 13.2 Å². The fourth-order valence-corrected chi connectivity index (χ4v) is 0.721. The van der Waals surface area contributed by atoms with Gasteiger partial charge in [-0.25, -0.2) is 4.79 Å². The van der Waals surface area contributed by atoms with Crippen molar-refractivity contribution in [3.05, 3.63) is 0 Å². The second-order valence-corrected chi connectivity index (χ2v) is 2.19. The molecule has 5 heteroatoms. The van der Waals surface area contributed by atoms with E-state index in [4.69, 9.17) is 15.3 Å². The Morgan fingerprint density at radius 1 is 1.45 bits per heavy atom. The van der Waals surface area contributed by atoms with Crippen molar-refractivity contribution >= 4 is 6.09 Å². The van der Waals surface area contributed by atoms with Gasteiger partial charge < -0.3 is 20.6 Å². The molecule has 0 aromatic rings. The lowest BCUT2D eigenvalue weighted by atomic mass is 10.2. The van der Waals surface area contributed by atoms with E-state index in [1.54, 1.807) is 0 Å². The summed E-state index contributed by atoms with van der Waals surface area (Å²) in [6.07, 6.45) is -0.202. The van der Waals surface area contributed by atoms with E-state index < -0.39 is 12.1 Å². The summed E-state index contributed by atoms with van der Waals surface area (Å²) in [6, 6.07) is -0.459. The Labute approximate surface area is 64.7 Å². The zero-order chi connectivity index (χ0) is 8.69. The van der Waals surface area contributed by atoms with Crippen LogP contribution in [0.3, 0.4) is 0 Å². The number of aliphatic hydroxyl groups is 2. The Hall–Kier alpha value is -0.810. The van der Waals surface area contributed by atoms with E-state index >= 15 is 0 Å². The van der Waals surface area contributed by atoms with Crippen molar-refractivity contribution in [3.63, 3.8) is 0 Å². The molecule has 1 atom stereocenters. The SMILES string of the molecule is O=C(O)N[C@H](CO)CCCO. The lowest BCUT2D eigenvalue weighted by molar-refractivity contribution is 0.171. The third kappa shape index (κ3) is 5.63. The summed E-state index contributed by atoms with van der Waals surface area (Å²) in [7, 11) is 0. The highest BCUT2D eigenvalue weighted by Crippen LogP contribution is 1.94. The Morgan fingerprint density at radius 3 is 2.45 bits per heavy atom. The van der Waals surface area contributed by atoms with Crippen LogP contribution in [0.1, 0.15) is 12.8 Å². The summed E-state index contributed by atoms with van der Waals surface area (Å²) in [5.74, 6) is 0. The van der Waals surface area contributed by atoms with Crippen LogP contribution in [0.4, 0.5) is 4.79 Å². The van der Waals surface area contributed by atoms with E-state index in [0.29, 0.717) is 12.8 Å². The van der Waals surface area contributed by atoms with Crippen molar-refractivity contribution in [1.29, 1.82) is 0 Å². The Kier molecular flexibility index (Phi) is 5.50. The van der Waals surface area contributed by atoms with Gasteiger partial charge >= 0.3 is 6.09 Å². The first-order chi connectivity index (χ1) is 5.20. The van der Waals surface area contributed by atoms with Gasteiger partial charge in [0.1, 0.15) is 0 Å². The Morgan fingerprint density at radius 2 is 2.09 bits per heavy atom. The quantitative estimate of drug-likeness (QED) is 0.435. The minimum absolute atomic E-state index is 0.0117. The molecule has 0 unspecified atom stereocenters. The summed E-state index contributed by atoms with van der Waals surface area (Å²) in [4.78, 5) is 10.0. The number of nitrogens with one attached hydrogen (secondary N) is 1. The van der Waals surface area contributed by atoms with E-state index in [0.717, 1.165) is 0 Å². The molecule has 0 bridgehead atoms. The first-order valence-corrected chi connectivity index (χ1v) is 3.42. The first-order valence-electron chi connectivity index (χ1n) is 3.42. The lowest BCUT2D eigenvalue weighted by Crippen LogP contribution is -2.36. The molecular formula is C6H13NO4. The van der Waals surface area contributed by atoms with Crippen LogP contribution in [0, 0.1) is 0 Å². The molecule has 0 aromatic carbocycles. The van der Waals surface area contributed by atoms with Crippen molar-refractivity contribution in [1.82, 2.24) is 5.32 Å². The number of hydrogen-bond donors (Lipinski definition) is 4. The third-order valence-corrected chi connectivity index (χ3v) is 1.26. The molecular weight excluding hydrogens is 150 g/mol. The van der Waals surface area contributed by atoms with Crippen molar-refractivity contribution in [2.24, 2.45) is 0 Å². The minimum Gasteiger partial charge on any atom is -0.465 e. The fraction of sp³-hybridized carbons (Fsp3) is 0.833. The van der Waals surface area contributed by atoms with Gasteiger partial charge in [-0.2, -0.15) is 0 Å². The standard InChI is InChI=1S/C6H13NO4/c8-3-1-2-5(4-9)7-6(10)11/h5,7-9H,1-4H2,(H,10,11)/t5-/m0/s1. The van der Waals surface area contributed by atoms with Crippen LogP contribution in [-0.4, -0.2) is 40.7 Å². The lowest BCUT2D eigenvalue weighted by Gasteiger charge is -2.12. The highest BCUT2D eigenvalue weighted by atomic mass is 16.4. The largest absolute Gasteiger partial charge is 0.465 e. The normalized spacial score (nSPS) is 12.5. The average Bonchev–Trinajstić information content (AvgIpc) is 1.97. The predicted molar refractivity (Wildman–Crippen MR) is 38.4 cm³/mol. The van der Waals surface area contributed by atoms with Crippen LogP contribution >= 0.6 is 0 Å². The van der Waals surface area contributed by atoms with Crippen molar-refractivity contribution in [3.8, 4) is 0 Å². The second-order valence-electron chi connectivity index (χ2n) is 2.19. The molecule has 0 heterocycles. The van der Waals surface area contributed by atoms with Crippen LogP contribution in [0.25, 0.3) is 0 Å². The van der Waals surface area contributed by atoms with Gasteiger partial charge in [0.15, 0.2) is 0 Å². The Balaban J connectivity index is 3.49. The maximum atomic E-state index is 10.0. The van der Waals surface area contributed by atoms with Gasteiger partial charge in [0.05, 0.1) is 12.6 Å². The molecule has 0 aliphatic heterocycles. The molecule has 5 nitrogen and oxygen atoms in total. The maximum absolute atomic E-state index is 10.0. The summed E-state index contributed by atoms with van der Waals surface area (Å²) in [5.41, 5.74) is 0. The number of carbonyl (C=O) groups is 1. The molecule has 0 aliphatic carbocycles. The molecule has 0 aromatic heterocycles. The third-order valence-electron chi connectivity index (χ3n) is 1.26. The number of rotatable bonds is 5. The Bertz CT molecular complexity index is 117. The van der Waals surface area contributed by atoms with E-state index in [-0.39, 0.29) is 13.2 Å². The van der Waals surface area contributed by atoms with Crippen LogP contribution in [0.2, 0.25) is 0 Å². The van der Waals surface area contributed by atoms with E-state index in [9.17, 15) is 4.79 Å². The molecule has 11 heavy (non-hydrogen) atoms.